The van der Waals surface area contributed by atoms with Gasteiger partial charge in [-0.05, 0) is 24.8 Å². The van der Waals surface area contributed by atoms with Crippen molar-refractivity contribution in [3.63, 3.8) is 0 Å². The molecule has 1 saturated heterocycles. The number of likely N-dealkylation sites (tertiary alicyclic amines) is 1. The molecule has 0 aromatic heterocycles. The minimum absolute atomic E-state index is 0.603. The van der Waals surface area contributed by atoms with Crippen molar-refractivity contribution in [2.24, 2.45) is 11.8 Å². The summed E-state index contributed by atoms with van der Waals surface area (Å²) >= 11 is 0. The van der Waals surface area contributed by atoms with Crippen molar-refractivity contribution in [1.29, 1.82) is 0 Å². The molecule has 1 fully saturated rings. The maximum absolute atomic E-state index is 3.59. The number of hydrogen-bond acceptors (Lipinski definition) is 2. The zero-order chi connectivity index (χ0) is 12.1. The van der Waals surface area contributed by atoms with E-state index in [0.717, 1.165) is 24.4 Å². The van der Waals surface area contributed by atoms with Gasteiger partial charge in [0.15, 0.2) is 0 Å². The van der Waals surface area contributed by atoms with E-state index in [0.29, 0.717) is 6.04 Å². The predicted octanol–water partition coefficient (Wildman–Crippen LogP) is 2.74. The van der Waals surface area contributed by atoms with Crippen LogP contribution in [0.2, 0.25) is 0 Å². The third-order valence-electron chi connectivity index (χ3n) is 3.87. The highest BCUT2D eigenvalue weighted by Crippen LogP contribution is 2.23. The molecule has 0 bridgehead atoms. The summed E-state index contributed by atoms with van der Waals surface area (Å²) in [4.78, 5) is 2.70. The van der Waals surface area contributed by atoms with Gasteiger partial charge >= 0.3 is 0 Å². The Labute approximate surface area is 102 Å². The average molecular weight is 226 g/mol. The molecular weight excluding hydrogens is 196 g/mol. The van der Waals surface area contributed by atoms with Crippen molar-refractivity contribution in [3.05, 3.63) is 0 Å². The molecule has 2 heteroatoms. The summed E-state index contributed by atoms with van der Waals surface area (Å²) in [5.74, 6) is 1.70. The summed E-state index contributed by atoms with van der Waals surface area (Å²) in [5, 5.41) is 3.59. The second kappa shape index (κ2) is 6.61. The topological polar surface area (TPSA) is 15.3 Å². The van der Waals surface area contributed by atoms with Gasteiger partial charge in [-0.15, -0.1) is 0 Å². The molecule has 1 aliphatic heterocycles. The summed E-state index contributed by atoms with van der Waals surface area (Å²) in [6, 6.07) is 1.32. The minimum Gasteiger partial charge on any atom is -0.313 e. The van der Waals surface area contributed by atoms with Gasteiger partial charge in [-0.25, -0.2) is 0 Å². The van der Waals surface area contributed by atoms with Crippen molar-refractivity contribution in [2.75, 3.05) is 19.6 Å². The Morgan fingerprint density at radius 2 is 1.94 bits per heavy atom. The predicted molar refractivity (Wildman–Crippen MR) is 71.7 cm³/mol. The summed E-state index contributed by atoms with van der Waals surface area (Å²) in [6.07, 6.45) is 2.75. The van der Waals surface area contributed by atoms with Crippen molar-refractivity contribution in [2.45, 2.75) is 59.5 Å². The largest absolute Gasteiger partial charge is 0.313 e. The third kappa shape index (κ3) is 4.06. The first kappa shape index (κ1) is 14.0. The first-order valence-electron chi connectivity index (χ1n) is 7.02. The smallest absolute Gasteiger partial charge is 0.0243 e. The lowest BCUT2D eigenvalue weighted by Gasteiger charge is -2.32. The van der Waals surface area contributed by atoms with Gasteiger partial charge in [0, 0.05) is 25.2 Å². The van der Waals surface area contributed by atoms with Crippen LogP contribution in [0.4, 0.5) is 0 Å². The number of nitrogens with zero attached hydrogens (tertiary/aromatic N) is 1. The fraction of sp³-hybridized carbons (Fsp3) is 1.00. The van der Waals surface area contributed by atoms with E-state index in [9.17, 15) is 0 Å². The Bertz CT molecular complexity index is 189. The van der Waals surface area contributed by atoms with Crippen molar-refractivity contribution in [1.82, 2.24) is 10.2 Å². The Balaban J connectivity index is 2.44. The van der Waals surface area contributed by atoms with Gasteiger partial charge in [0.1, 0.15) is 0 Å². The molecule has 1 aliphatic rings. The lowest BCUT2D eigenvalue weighted by Crippen LogP contribution is -2.46. The number of hydrogen-bond donors (Lipinski definition) is 1. The lowest BCUT2D eigenvalue weighted by molar-refractivity contribution is 0.177. The van der Waals surface area contributed by atoms with E-state index in [1.807, 2.05) is 0 Å². The van der Waals surface area contributed by atoms with E-state index in [-0.39, 0.29) is 0 Å². The van der Waals surface area contributed by atoms with Gasteiger partial charge < -0.3 is 5.32 Å². The molecule has 16 heavy (non-hydrogen) atoms. The van der Waals surface area contributed by atoms with Gasteiger partial charge in [0.25, 0.3) is 0 Å². The average Bonchev–Trinajstić information content (AvgIpc) is 2.65. The molecular formula is C14H30N2. The van der Waals surface area contributed by atoms with Crippen LogP contribution < -0.4 is 5.32 Å². The molecule has 1 N–H and O–H groups in total. The second-order valence-corrected chi connectivity index (χ2v) is 5.93. The zero-order valence-corrected chi connectivity index (χ0v) is 11.8. The maximum Gasteiger partial charge on any atom is 0.0243 e. The van der Waals surface area contributed by atoms with E-state index in [1.165, 1.54) is 25.9 Å². The molecule has 2 nitrogen and oxygen atoms in total. The van der Waals surface area contributed by atoms with E-state index in [1.54, 1.807) is 0 Å². The van der Waals surface area contributed by atoms with Gasteiger partial charge in [-0.1, -0.05) is 41.0 Å². The minimum atomic E-state index is 0.603. The first-order valence-corrected chi connectivity index (χ1v) is 7.02. The van der Waals surface area contributed by atoms with E-state index in [2.05, 4.69) is 44.8 Å². The van der Waals surface area contributed by atoms with Crippen molar-refractivity contribution in [3.8, 4) is 0 Å². The van der Waals surface area contributed by atoms with Crippen LogP contribution in [0.1, 0.15) is 47.5 Å². The molecule has 96 valence electrons. The molecule has 0 amide bonds. The van der Waals surface area contributed by atoms with Gasteiger partial charge in [0.2, 0.25) is 0 Å². The molecule has 0 radical (unpaired) electrons. The molecule has 1 heterocycles. The van der Waals surface area contributed by atoms with E-state index < -0.39 is 0 Å². The number of nitrogens with one attached hydrogen (secondary N) is 1. The second-order valence-electron chi connectivity index (χ2n) is 5.93. The summed E-state index contributed by atoms with van der Waals surface area (Å²) in [5.41, 5.74) is 0. The summed E-state index contributed by atoms with van der Waals surface area (Å²) < 4.78 is 0. The Hall–Kier alpha value is -0.0800. The SMILES string of the molecule is CCC1CCN(C(CNC(C)C)C(C)C)C1. The highest BCUT2D eigenvalue weighted by Gasteiger charge is 2.28. The molecule has 0 aliphatic carbocycles. The van der Waals surface area contributed by atoms with Crippen LogP contribution >= 0.6 is 0 Å². The monoisotopic (exact) mass is 226 g/mol. The molecule has 2 unspecified atom stereocenters. The lowest BCUT2D eigenvalue weighted by atomic mass is 10.0. The van der Waals surface area contributed by atoms with E-state index >= 15 is 0 Å². The number of rotatable bonds is 6. The molecule has 0 spiro atoms. The molecule has 0 aromatic carbocycles. The summed E-state index contributed by atoms with van der Waals surface area (Å²) in [6.45, 7) is 15.3. The van der Waals surface area contributed by atoms with Crippen LogP contribution in [0.25, 0.3) is 0 Å². The van der Waals surface area contributed by atoms with Crippen LogP contribution in [0, 0.1) is 11.8 Å². The molecule has 0 aromatic rings. The quantitative estimate of drug-likeness (QED) is 0.749. The van der Waals surface area contributed by atoms with Crippen LogP contribution in [-0.2, 0) is 0 Å². The van der Waals surface area contributed by atoms with Gasteiger partial charge in [-0.2, -0.15) is 0 Å². The van der Waals surface area contributed by atoms with Crippen LogP contribution in [0.15, 0.2) is 0 Å². The van der Waals surface area contributed by atoms with Crippen LogP contribution in [0.5, 0.6) is 0 Å². The Morgan fingerprint density at radius 1 is 1.25 bits per heavy atom. The zero-order valence-electron chi connectivity index (χ0n) is 11.8. The fourth-order valence-corrected chi connectivity index (χ4v) is 2.64. The first-order chi connectivity index (χ1) is 7.54. The highest BCUT2D eigenvalue weighted by molar-refractivity contribution is 4.84. The van der Waals surface area contributed by atoms with E-state index in [4.69, 9.17) is 0 Å². The highest BCUT2D eigenvalue weighted by atomic mass is 15.2. The Morgan fingerprint density at radius 3 is 2.38 bits per heavy atom. The van der Waals surface area contributed by atoms with Gasteiger partial charge in [0.05, 0.1) is 0 Å². The summed E-state index contributed by atoms with van der Waals surface area (Å²) in [7, 11) is 0. The van der Waals surface area contributed by atoms with Crippen LogP contribution in [-0.4, -0.2) is 36.6 Å². The Kier molecular flexibility index (Phi) is 5.77. The standard InChI is InChI=1S/C14H30N2/c1-6-13-7-8-16(10-13)14(11(2)3)9-15-12(4)5/h11-15H,6-10H2,1-5H3. The maximum atomic E-state index is 3.59. The van der Waals surface area contributed by atoms with Crippen molar-refractivity contribution < 1.29 is 0 Å². The van der Waals surface area contributed by atoms with Crippen molar-refractivity contribution >= 4 is 0 Å². The normalized spacial score (nSPS) is 24.6. The molecule has 1 rings (SSSR count). The molecule has 0 saturated carbocycles. The van der Waals surface area contributed by atoms with Gasteiger partial charge in [-0.3, -0.25) is 4.90 Å². The van der Waals surface area contributed by atoms with Crippen LogP contribution in [0.3, 0.4) is 0 Å². The third-order valence-corrected chi connectivity index (χ3v) is 3.87. The fourth-order valence-electron chi connectivity index (χ4n) is 2.64. The molecule has 2 atom stereocenters.